The lowest BCUT2D eigenvalue weighted by Crippen LogP contribution is -2.45. The van der Waals surface area contributed by atoms with Gasteiger partial charge in [-0.05, 0) is 26.3 Å². The summed E-state index contributed by atoms with van der Waals surface area (Å²) in [6.45, 7) is 0.888. The van der Waals surface area contributed by atoms with Crippen LogP contribution in [0.5, 0.6) is 0 Å². The van der Waals surface area contributed by atoms with Crippen LogP contribution >= 0.6 is 0 Å². The van der Waals surface area contributed by atoms with Crippen LogP contribution in [-0.2, 0) is 6.54 Å². The zero-order valence-electron chi connectivity index (χ0n) is 9.81. The number of β-amino-alcohol motifs (C(OH)–C–C–N with tert-alkyl or cyclic N) is 1. The molecule has 0 amide bonds. The maximum atomic E-state index is 12.6. The van der Waals surface area contributed by atoms with Gasteiger partial charge in [-0.1, -0.05) is 0 Å². The molecule has 0 saturated carbocycles. The SMILES string of the molecule is CC1(O)CCCN(Cc2nccn2C(F)F)C1. The summed E-state index contributed by atoms with van der Waals surface area (Å²) in [6, 6.07) is 0. The lowest BCUT2D eigenvalue weighted by Gasteiger charge is -2.36. The molecular formula is C11H17F2N3O. The maximum Gasteiger partial charge on any atom is 0.319 e. The first kappa shape index (κ1) is 12.4. The fourth-order valence-electron chi connectivity index (χ4n) is 2.30. The normalized spacial score (nSPS) is 26.6. The Hall–Kier alpha value is -1.01. The van der Waals surface area contributed by atoms with Crippen LogP contribution in [0.1, 0.15) is 32.1 Å². The largest absolute Gasteiger partial charge is 0.389 e. The number of halogens is 2. The topological polar surface area (TPSA) is 41.3 Å². The van der Waals surface area contributed by atoms with E-state index in [0.29, 0.717) is 18.9 Å². The van der Waals surface area contributed by atoms with Gasteiger partial charge in [0, 0.05) is 18.9 Å². The number of aromatic nitrogens is 2. The maximum absolute atomic E-state index is 12.6. The Balaban J connectivity index is 2.03. The minimum Gasteiger partial charge on any atom is -0.389 e. The van der Waals surface area contributed by atoms with Crippen molar-refractivity contribution >= 4 is 0 Å². The molecule has 0 spiro atoms. The molecule has 6 heteroatoms. The highest BCUT2D eigenvalue weighted by molar-refractivity contribution is 4.94. The minimum absolute atomic E-state index is 0.345. The molecule has 4 nitrogen and oxygen atoms in total. The highest BCUT2D eigenvalue weighted by Crippen LogP contribution is 2.22. The molecule has 1 atom stereocenters. The molecule has 0 aliphatic carbocycles. The molecule has 2 rings (SSSR count). The zero-order valence-corrected chi connectivity index (χ0v) is 9.81. The summed E-state index contributed by atoms with van der Waals surface area (Å²) in [6.07, 6.45) is 4.29. The second-order valence-corrected chi connectivity index (χ2v) is 4.84. The van der Waals surface area contributed by atoms with Gasteiger partial charge in [0.2, 0.25) is 0 Å². The molecule has 1 aliphatic rings. The average Bonchev–Trinajstić information content (AvgIpc) is 2.64. The van der Waals surface area contributed by atoms with E-state index in [2.05, 4.69) is 4.98 Å². The van der Waals surface area contributed by atoms with Gasteiger partial charge in [-0.2, -0.15) is 8.78 Å². The quantitative estimate of drug-likeness (QED) is 0.880. The molecular weight excluding hydrogens is 228 g/mol. The van der Waals surface area contributed by atoms with Crippen LogP contribution in [0, 0.1) is 0 Å². The van der Waals surface area contributed by atoms with Gasteiger partial charge in [-0.25, -0.2) is 4.98 Å². The zero-order chi connectivity index (χ0) is 12.5. The highest BCUT2D eigenvalue weighted by Gasteiger charge is 2.29. The molecule has 1 unspecified atom stereocenters. The molecule has 1 fully saturated rings. The van der Waals surface area contributed by atoms with Crippen LogP contribution in [0.4, 0.5) is 8.78 Å². The predicted molar refractivity (Wildman–Crippen MR) is 58.6 cm³/mol. The number of nitrogens with zero attached hydrogens (tertiary/aromatic N) is 3. The molecule has 1 N–H and O–H groups in total. The first-order chi connectivity index (χ1) is 7.98. The summed E-state index contributed by atoms with van der Waals surface area (Å²) < 4.78 is 26.1. The van der Waals surface area contributed by atoms with Gasteiger partial charge >= 0.3 is 6.55 Å². The number of piperidine rings is 1. The van der Waals surface area contributed by atoms with E-state index in [1.807, 2.05) is 4.90 Å². The molecule has 1 aromatic rings. The fraction of sp³-hybridized carbons (Fsp3) is 0.727. The summed E-state index contributed by atoms with van der Waals surface area (Å²) in [4.78, 5) is 5.90. The van der Waals surface area contributed by atoms with Gasteiger partial charge < -0.3 is 5.11 Å². The van der Waals surface area contributed by atoms with Crippen LogP contribution in [-0.4, -0.2) is 38.2 Å². The third-order valence-corrected chi connectivity index (χ3v) is 3.08. The number of alkyl halides is 2. The summed E-state index contributed by atoms with van der Waals surface area (Å²) in [5.74, 6) is 0.345. The van der Waals surface area contributed by atoms with Crippen molar-refractivity contribution in [3.63, 3.8) is 0 Å². The molecule has 0 aromatic carbocycles. The molecule has 17 heavy (non-hydrogen) atoms. The van der Waals surface area contributed by atoms with Gasteiger partial charge in [0.15, 0.2) is 0 Å². The van der Waals surface area contributed by atoms with Gasteiger partial charge in [-0.3, -0.25) is 9.47 Å². The van der Waals surface area contributed by atoms with Crippen LogP contribution in [0.2, 0.25) is 0 Å². The third kappa shape index (κ3) is 3.01. The number of rotatable bonds is 3. The van der Waals surface area contributed by atoms with Crippen LogP contribution in [0.3, 0.4) is 0 Å². The lowest BCUT2D eigenvalue weighted by molar-refractivity contribution is -0.0205. The summed E-state index contributed by atoms with van der Waals surface area (Å²) in [5, 5.41) is 9.93. The van der Waals surface area contributed by atoms with E-state index in [1.54, 1.807) is 6.92 Å². The Morgan fingerprint density at radius 3 is 3.00 bits per heavy atom. The molecule has 0 radical (unpaired) electrons. The monoisotopic (exact) mass is 245 g/mol. The first-order valence-corrected chi connectivity index (χ1v) is 5.72. The molecule has 1 aromatic heterocycles. The Kier molecular flexibility index (Phi) is 3.44. The highest BCUT2D eigenvalue weighted by atomic mass is 19.3. The Morgan fingerprint density at radius 1 is 1.59 bits per heavy atom. The van der Waals surface area contributed by atoms with Crippen LogP contribution in [0.25, 0.3) is 0 Å². The number of hydrogen-bond acceptors (Lipinski definition) is 3. The smallest absolute Gasteiger partial charge is 0.319 e. The average molecular weight is 245 g/mol. The van der Waals surface area contributed by atoms with E-state index < -0.39 is 12.2 Å². The van der Waals surface area contributed by atoms with Gasteiger partial charge in [0.05, 0.1) is 12.1 Å². The van der Waals surface area contributed by atoms with Gasteiger partial charge in [0.1, 0.15) is 5.82 Å². The van der Waals surface area contributed by atoms with Crippen molar-refractivity contribution in [1.82, 2.24) is 14.5 Å². The minimum atomic E-state index is -2.56. The predicted octanol–water partition coefficient (Wildman–Crippen LogP) is 1.62. The van der Waals surface area contributed by atoms with Crippen molar-refractivity contribution in [2.75, 3.05) is 13.1 Å². The standard InChI is InChI=1S/C11H17F2N3O/c1-11(17)3-2-5-15(8-11)7-9-14-4-6-16(9)10(12)13/h4,6,10,17H,2-3,5,7-8H2,1H3. The molecule has 1 saturated heterocycles. The van der Waals surface area contributed by atoms with Gasteiger partial charge in [-0.15, -0.1) is 0 Å². The lowest BCUT2D eigenvalue weighted by atomic mass is 9.95. The Morgan fingerprint density at radius 2 is 2.35 bits per heavy atom. The van der Waals surface area contributed by atoms with Crippen molar-refractivity contribution in [2.45, 2.75) is 38.5 Å². The van der Waals surface area contributed by atoms with E-state index in [9.17, 15) is 13.9 Å². The number of imidazole rings is 1. The van der Waals surface area contributed by atoms with E-state index in [0.717, 1.165) is 24.0 Å². The number of aliphatic hydroxyl groups is 1. The van der Waals surface area contributed by atoms with Crippen molar-refractivity contribution in [1.29, 1.82) is 0 Å². The summed E-state index contributed by atoms with van der Waals surface area (Å²) in [5.41, 5.74) is -0.722. The number of likely N-dealkylation sites (tertiary alicyclic amines) is 1. The molecule has 1 aliphatic heterocycles. The van der Waals surface area contributed by atoms with E-state index in [4.69, 9.17) is 0 Å². The van der Waals surface area contributed by atoms with Crippen molar-refractivity contribution in [2.24, 2.45) is 0 Å². The summed E-state index contributed by atoms with van der Waals surface area (Å²) >= 11 is 0. The second kappa shape index (κ2) is 4.70. The second-order valence-electron chi connectivity index (χ2n) is 4.84. The van der Waals surface area contributed by atoms with E-state index in [-0.39, 0.29) is 0 Å². The molecule has 2 heterocycles. The Labute approximate surface area is 98.9 Å². The molecule has 0 bridgehead atoms. The van der Waals surface area contributed by atoms with Gasteiger partial charge in [0.25, 0.3) is 0 Å². The van der Waals surface area contributed by atoms with Crippen molar-refractivity contribution < 1.29 is 13.9 Å². The van der Waals surface area contributed by atoms with Crippen LogP contribution in [0.15, 0.2) is 12.4 Å². The van der Waals surface area contributed by atoms with Crippen LogP contribution < -0.4 is 0 Å². The number of hydrogen-bond donors (Lipinski definition) is 1. The fourth-order valence-corrected chi connectivity index (χ4v) is 2.30. The van der Waals surface area contributed by atoms with Crippen molar-refractivity contribution in [3.05, 3.63) is 18.2 Å². The van der Waals surface area contributed by atoms with E-state index in [1.165, 1.54) is 12.4 Å². The Bertz CT molecular complexity index is 379. The third-order valence-electron chi connectivity index (χ3n) is 3.08. The first-order valence-electron chi connectivity index (χ1n) is 5.72. The molecule has 96 valence electrons. The van der Waals surface area contributed by atoms with Crippen molar-refractivity contribution in [3.8, 4) is 0 Å². The van der Waals surface area contributed by atoms with E-state index >= 15 is 0 Å². The summed E-state index contributed by atoms with van der Waals surface area (Å²) in [7, 11) is 0.